The van der Waals surface area contributed by atoms with Crippen LogP contribution in [0.15, 0.2) is 60.8 Å². The van der Waals surface area contributed by atoms with Gasteiger partial charge in [0.15, 0.2) is 0 Å². The van der Waals surface area contributed by atoms with Crippen LogP contribution in [-0.2, 0) is 4.74 Å². The highest BCUT2D eigenvalue weighted by molar-refractivity contribution is 5.89. The highest BCUT2D eigenvalue weighted by Crippen LogP contribution is 2.18. The quantitative estimate of drug-likeness (QED) is 0.421. The van der Waals surface area contributed by atoms with Crippen molar-refractivity contribution in [3.63, 3.8) is 0 Å². The number of nitrogens with one attached hydrogen (secondary N) is 2. The van der Waals surface area contributed by atoms with E-state index in [1.807, 2.05) is 24.3 Å². The molecule has 0 saturated heterocycles. The number of methoxy groups -OCH3 is 2. The van der Waals surface area contributed by atoms with E-state index in [0.717, 1.165) is 17.2 Å². The number of hydrogen-bond acceptors (Lipinski definition) is 8. The number of anilines is 3. The first-order valence-electron chi connectivity index (χ1n) is 8.97. The molecule has 1 heterocycles. The smallest absolute Gasteiger partial charge is 0.337 e. The number of aromatic nitrogens is 2. The van der Waals surface area contributed by atoms with Crippen LogP contribution in [0.3, 0.4) is 0 Å². The van der Waals surface area contributed by atoms with Gasteiger partial charge in [0.05, 0.1) is 26.3 Å². The van der Waals surface area contributed by atoms with Gasteiger partial charge in [-0.1, -0.05) is 0 Å². The van der Waals surface area contributed by atoms with E-state index in [4.69, 9.17) is 14.2 Å². The minimum Gasteiger partial charge on any atom is -0.497 e. The Balaban J connectivity index is 1.49. The largest absolute Gasteiger partial charge is 0.497 e. The maximum absolute atomic E-state index is 11.5. The summed E-state index contributed by atoms with van der Waals surface area (Å²) in [5.41, 5.74) is 1.28. The predicted octanol–water partition coefficient (Wildman–Crippen LogP) is 3.51. The van der Waals surface area contributed by atoms with Crippen molar-refractivity contribution in [1.82, 2.24) is 9.97 Å². The molecule has 0 amide bonds. The summed E-state index contributed by atoms with van der Waals surface area (Å²) in [6.45, 7) is 1.01. The fourth-order valence-electron chi connectivity index (χ4n) is 2.47. The number of ether oxygens (including phenoxy) is 3. The fourth-order valence-corrected chi connectivity index (χ4v) is 2.47. The molecule has 1 aromatic heterocycles. The Hall–Kier alpha value is -3.81. The molecule has 0 saturated carbocycles. The zero-order valence-corrected chi connectivity index (χ0v) is 16.2. The van der Waals surface area contributed by atoms with E-state index in [1.54, 1.807) is 43.6 Å². The molecule has 0 spiro atoms. The normalized spacial score (nSPS) is 10.1. The first kappa shape index (κ1) is 19.9. The van der Waals surface area contributed by atoms with E-state index < -0.39 is 0 Å². The Labute approximate surface area is 168 Å². The molecule has 0 aliphatic carbocycles. The van der Waals surface area contributed by atoms with Crippen molar-refractivity contribution in [3.8, 4) is 11.5 Å². The van der Waals surface area contributed by atoms with Gasteiger partial charge in [-0.2, -0.15) is 4.98 Å². The number of carbonyl (C=O) groups is 1. The molecule has 0 unspecified atom stereocenters. The van der Waals surface area contributed by atoms with Gasteiger partial charge in [0.25, 0.3) is 0 Å². The summed E-state index contributed by atoms with van der Waals surface area (Å²) >= 11 is 0. The van der Waals surface area contributed by atoms with Crippen molar-refractivity contribution in [2.24, 2.45) is 0 Å². The summed E-state index contributed by atoms with van der Waals surface area (Å²) in [5.74, 6) is 2.29. The van der Waals surface area contributed by atoms with Crippen molar-refractivity contribution < 1.29 is 19.0 Å². The molecule has 8 heteroatoms. The molecule has 29 heavy (non-hydrogen) atoms. The average Bonchev–Trinajstić information content (AvgIpc) is 2.77. The zero-order valence-electron chi connectivity index (χ0n) is 16.2. The second-order valence-corrected chi connectivity index (χ2v) is 5.91. The SMILES string of the molecule is COC(=O)c1ccc(Nc2ccnc(NCCOc3ccc(OC)cc3)n2)cc1. The molecule has 3 rings (SSSR count). The standard InChI is InChI=1S/C21H22N4O4/c1-27-17-7-9-18(10-8-17)29-14-13-23-21-22-12-11-19(25-21)24-16-5-3-15(4-6-16)20(26)28-2/h3-12H,13-14H2,1-2H3,(H2,22,23,24,25). The number of esters is 1. The molecular weight excluding hydrogens is 372 g/mol. The topological polar surface area (TPSA) is 94.6 Å². The lowest BCUT2D eigenvalue weighted by atomic mass is 10.2. The molecule has 3 aromatic rings. The first-order valence-corrected chi connectivity index (χ1v) is 8.97. The number of benzene rings is 2. The average molecular weight is 394 g/mol. The molecule has 0 aliphatic heterocycles. The van der Waals surface area contributed by atoms with Gasteiger partial charge in [-0.3, -0.25) is 0 Å². The zero-order chi connectivity index (χ0) is 20.5. The van der Waals surface area contributed by atoms with Crippen LogP contribution >= 0.6 is 0 Å². The Morgan fingerprint density at radius 2 is 1.69 bits per heavy atom. The Morgan fingerprint density at radius 1 is 0.966 bits per heavy atom. The lowest BCUT2D eigenvalue weighted by molar-refractivity contribution is 0.0601. The molecule has 0 atom stereocenters. The Morgan fingerprint density at radius 3 is 2.38 bits per heavy atom. The van der Waals surface area contributed by atoms with Crippen molar-refractivity contribution in [1.29, 1.82) is 0 Å². The van der Waals surface area contributed by atoms with Crippen LogP contribution in [0.1, 0.15) is 10.4 Å². The Bertz CT molecular complexity index is 930. The van der Waals surface area contributed by atoms with Gasteiger partial charge >= 0.3 is 5.97 Å². The van der Waals surface area contributed by atoms with Gasteiger partial charge in [0.2, 0.25) is 5.95 Å². The maximum atomic E-state index is 11.5. The monoisotopic (exact) mass is 394 g/mol. The van der Waals surface area contributed by atoms with Gasteiger partial charge in [0.1, 0.15) is 23.9 Å². The van der Waals surface area contributed by atoms with Crippen LogP contribution in [0.25, 0.3) is 0 Å². The van der Waals surface area contributed by atoms with E-state index in [2.05, 4.69) is 20.6 Å². The number of hydrogen-bond donors (Lipinski definition) is 2. The molecule has 2 N–H and O–H groups in total. The van der Waals surface area contributed by atoms with Crippen molar-refractivity contribution >= 4 is 23.4 Å². The van der Waals surface area contributed by atoms with Crippen molar-refractivity contribution in [2.75, 3.05) is 38.0 Å². The summed E-state index contributed by atoms with van der Waals surface area (Å²) in [4.78, 5) is 20.1. The van der Waals surface area contributed by atoms with Gasteiger partial charge in [-0.25, -0.2) is 9.78 Å². The lowest BCUT2D eigenvalue weighted by Gasteiger charge is -2.10. The summed E-state index contributed by atoms with van der Waals surface area (Å²) in [6.07, 6.45) is 1.66. The van der Waals surface area contributed by atoms with Crippen LogP contribution in [0.4, 0.5) is 17.5 Å². The molecule has 0 bridgehead atoms. The predicted molar refractivity (Wildman–Crippen MR) is 110 cm³/mol. The van der Waals surface area contributed by atoms with Crippen molar-refractivity contribution in [2.45, 2.75) is 0 Å². The summed E-state index contributed by atoms with van der Waals surface area (Å²) in [7, 11) is 2.98. The van der Waals surface area contributed by atoms with Crippen LogP contribution in [0.2, 0.25) is 0 Å². The highest BCUT2D eigenvalue weighted by atomic mass is 16.5. The highest BCUT2D eigenvalue weighted by Gasteiger charge is 2.05. The molecule has 0 fully saturated rings. The van der Waals surface area contributed by atoms with E-state index in [9.17, 15) is 4.79 Å². The van der Waals surface area contributed by atoms with Crippen LogP contribution in [0, 0.1) is 0 Å². The van der Waals surface area contributed by atoms with Crippen LogP contribution in [0.5, 0.6) is 11.5 Å². The minimum atomic E-state index is -0.373. The minimum absolute atomic E-state index is 0.373. The third kappa shape index (κ3) is 5.83. The number of nitrogens with zero attached hydrogens (tertiary/aromatic N) is 2. The maximum Gasteiger partial charge on any atom is 0.337 e. The van der Waals surface area contributed by atoms with E-state index in [0.29, 0.717) is 30.5 Å². The summed E-state index contributed by atoms with van der Waals surface area (Å²) < 4.78 is 15.5. The van der Waals surface area contributed by atoms with Gasteiger partial charge < -0.3 is 24.8 Å². The molecule has 8 nitrogen and oxygen atoms in total. The molecule has 150 valence electrons. The second-order valence-electron chi connectivity index (χ2n) is 5.91. The van der Waals surface area contributed by atoms with E-state index >= 15 is 0 Å². The van der Waals surface area contributed by atoms with E-state index in [-0.39, 0.29) is 5.97 Å². The molecule has 0 radical (unpaired) electrons. The van der Waals surface area contributed by atoms with E-state index in [1.165, 1.54) is 7.11 Å². The molecular formula is C21H22N4O4. The van der Waals surface area contributed by atoms with Gasteiger partial charge in [-0.05, 0) is 54.6 Å². The summed E-state index contributed by atoms with van der Waals surface area (Å²) in [5, 5.41) is 6.29. The Kier molecular flexibility index (Phi) is 6.83. The van der Waals surface area contributed by atoms with Crippen molar-refractivity contribution in [3.05, 3.63) is 66.4 Å². The number of carbonyl (C=O) groups excluding carboxylic acids is 1. The third-order valence-corrected chi connectivity index (χ3v) is 3.95. The fraction of sp³-hybridized carbons (Fsp3) is 0.190. The third-order valence-electron chi connectivity index (χ3n) is 3.95. The van der Waals surface area contributed by atoms with Gasteiger partial charge in [-0.15, -0.1) is 0 Å². The first-order chi connectivity index (χ1) is 14.2. The number of rotatable bonds is 9. The van der Waals surface area contributed by atoms with Crippen LogP contribution < -0.4 is 20.1 Å². The molecule has 2 aromatic carbocycles. The van der Waals surface area contributed by atoms with Gasteiger partial charge in [0, 0.05) is 11.9 Å². The van der Waals surface area contributed by atoms with Crippen LogP contribution in [-0.4, -0.2) is 43.3 Å². The second kappa shape index (κ2) is 9.93. The lowest BCUT2D eigenvalue weighted by Crippen LogP contribution is -2.13. The molecule has 0 aliphatic rings. The summed E-state index contributed by atoms with van der Waals surface area (Å²) in [6, 6.07) is 16.1.